The van der Waals surface area contributed by atoms with Crippen LogP contribution >= 0.6 is 0 Å². The number of anilines is 1. The molecule has 1 N–H and O–H groups in total. The number of hydrazone groups is 1. The zero-order valence-electron chi connectivity index (χ0n) is 15.7. The highest BCUT2D eigenvalue weighted by atomic mass is 32.2. The third kappa shape index (κ3) is 4.22. The number of rotatable bonds is 6. The molecule has 1 amide bonds. The van der Waals surface area contributed by atoms with E-state index in [1.807, 2.05) is 0 Å². The van der Waals surface area contributed by atoms with Gasteiger partial charge in [-0.25, -0.2) is 17.8 Å². The van der Waals surface area contributed by atoms with E-state index in [4.69, 9.17) is 0 Å². The van der Waals surface area contributed by atoms with Crippen LogP contribution in [0.15, 0.2) is 53.6 Å². The Hall–Kier alpha value is -2.74. The first kappa shape index (κ1) is 20.0. The Bertz CT molecular complexity index is 1000. The molecular formula is C20H22FN3O3S. The van der Waals surface area contributed by atoms with Crippen LogP contribution in [0.4, 0.5) is 10.1 Å². The summed E-state index contributed by atoms with van der Waals surface area (Å²) in [4.78, 5) is 12.3. The van der Waals surface area contributed by atoms with Crippen LogP contribution < -0.4 is 4.72 Å². The Morgan fingerprint density at radius 1 is 1.18 bits per heavy atom. The van der Waals surface area contributed by atoms with Crippen molar-refractivity contribution in [2.75, 3.05) is 10.5 Å². The van der Waals surface area contributed by atoms with Gasteiger partial charge in [0.25, 0.3) is 0 Å². The first-order chi connectivity index (χ1) is 13.3. The average molecular weight is 403 g/mol. The van der Waals surface area contributed by atoms with Crippen molar-refractivity contribution in [2.45, 2.75) is 32.7 Å². The number of benzene rings is 2. The number of carbonyl (C=O) groups is 1. The molecule has 0 saturated heterocycles. The normalized spacial score (nSPS) is 16.8. The number of halogens is 1. The van der Waals surface area contributed by atoms with Gasteiger partial charge in [0.15, 0.2) is 0 Å². The van der Waals surface area contributed by atoms with Crippen molar-refractivity contribution in [3.05, 3.63) is 65.5 Å². The monoisotopic (exact) mass is 403 g/mol. The Morgan fingerprint density at radius 3 is 2.46 bits per heavy atom. The van der Waals surface area contributed by atoms with Crippen LogP contribution in [0.3, 0.4) is 0 Å². The summed E-state index contributed by atoms with van der Waals surface area (Å²) in [5.41, 5.74) is 2.29. The fourth-order valence-corrected chi connectivity index (χ4v) is 3.69. The van der Waals surface area contributed by atoms with Gasteiger partial charge >= 0.3 is 0 Å². The molecule has 2 aromatic carbocycles. The maximum absolute atomic E-state index is 14.3. The van der Waals surface area contributed by atoms with E-state index in [2.05, 4.69) is 9.82 Å². The number of amides is 1. The van der Waals surface area contributed by atoms with E-state index in [9.17, 15) is 17.6 Å². The molecule has 148 valence electrons. The summed E-state index contributed by atoms with van der Waals surface area (Å²) >= 11 is 0. The van der Waals surface area contributed by atoms with E-state index in [-0.39, 0.29) is 23.9 Å². The van der Waals surface area contributed by atoms with Crippen LogP contribution in [0.25, 0.3) is 0 Å². The minimum Gasteiger partial charge on any atom is -0.284 e. The summed E-state index contributed by atoms with van der Waals surface area (Å²) in [5, 5.41) is 5.79. The number of sulfonamides is 1. The molecule has 0 aliphatic carbocycles. The number of hydrogen-bond acceptors (Lipinski definition) is 4. The molecule has 0 radical (unpaired) electrons. The van der Waals surface area contributed by atoms with Gasteiger partial charge in [0.05, 0.1) is 17.5 Å². The summed E-state index contributed by atoms with van der Waals surface area (Å²) in [7, 11) is -3.35. The molecule has 0 fully saturated rings. The number of hydrogen-bond donors (Lipinski definition) is 1. The van der Waals surface area contributed by atoms with Crippen molar-refractivity contribution in [3.8, 4) is 0 Å². The van der Waals surface area contributed by atoms with Crippen molar-refractivity contribution >= 4 is 27.3 Å². The maximum atomic E-state index is 14.3. The van der Waals surface area contributed by atoms with Crippen molar-refractivity contribution < 1.29 is 17.6 Å². The molecule has 28 heavy (non-hydrogen) atoms. The molecule has 3 rings (SSSR count). The van der Waals surface area contributed by atoms with Gasteiger partial charge in [0.1, 0.15) is 5.82 Å². The minimum absolute atomic E-state index is 0.0140. The van der Waals surface area contributed by atoms with E-state index in [0.717, 1.165) is 5.56 Å². The lowest BCUT2D eigenvalue weighted by Crippen LogP contribution is -2.26. The van der Waals surface area contributed by atoms with Crippen LogP contribution in [-0.2, 0) is 14.8 Å². The number of nitrogens with one attached hydrogen (secondary N) is 1. The quantitative estimate of drug-likeness (QED) is 0.799. The second-order valence-corrected chi connectivity index (χ2v) is 8.47. The first-order valence-corrected chi connectivity index (χ1v) is 10.7. The summed E-state index contributed by atoms with van der Waals surface area (Å²) in [6.45, 7) is 3.30. The molecule has 1 aliphatic rings. The largest absolute Gasteiger partial charge is 0.284 e. The van der Waals surface area contributed by atoms with E-state index < -0.39 is 16.1 Å². The van der Waals surface area contributed by atoms with Gasteiger partial charge < -0.3 is 0 Å². The van der Waals surface area contributed by atoms with Crippen molar-refractivity contribution in [2.24, 2.45) is 5.10 Å². The molecule has 8 heteroatoms. The van der Waals surface area contributed by atoms with E-state index in [0.29, 0.717) is 23.4 Å². The highest BCUT2D eigenvalue weighted by Gasteiger charge is 2.33. The third-order valence-electron chi connectivity index (χ3n) is 4.60. The Morgan fingerprint density at radius 2 is 1.86 bits per heavy atom. The molecule has 0 unspecified atom stereocenters. The van der Waals surface area contributed by atoms with E-state index in [1.54, 1.807) is 56.3 Å². The number of carbonyl (C=O) groups excluding carboxylic acids is 1. The smallest absolute Gasteiger partial charge is 0.242 e. The molecule has 1 atom stereocenters. The first-order valence-electron chi connectivity index (χ1n) is 9.09. The summed E-state index contributed by atoms with van der Waals surface area (Å²) in [6.07, 6.45) is 0.645. The zero-order valence-corrected chi connectivity index (χ0v) is 16.5. The van der Waals surface area contributed by atoms with Gasteiger partial charge in [0.2, 0.25) is 15.9 Å². The maximum Gasteiger partial charge on any atom is 0.242 e. The Labute approximate surface area is 164 Å². The molecule has 1 aliphatic heterocycles. The highest BCUT2D eigenvalue weighted by Crippen LogP contribution is 2.34. The second-order valence-electron chi connectivity index (χ2n) is 6.46. The third-order valence-corrected chi connectivity index (χ3v) is 5.91. The molecule has 2 aromatic rings. The lowest BCUT2D eigenvalue weighted by molar-refractivity contribution is -0.132. The van der Waals surface area contributed by atoms with Gasteiger partial charge in [-0.15, -0.1) is 0 Å². The fourth-order valence-electron chi connectivity index (χ4n) is 3.05. The lowest BCUT2D eigenvalue weighted by atomic mass is 9.98. The molecule has 1 heterocycles. The van der Waals surface area contributed by atoms with E-state index in [1.165, 1.54) is 11.1 Å². The van der Waals surface area contributed by atoms with Crippen molar-refractivity contribution in [1.29, 1.82) is 0 Å². The van der Waals surface area contributed by atoms with Gasteiger partial charge in [0, 0.05) is 24.1 Å². The summed E-state index contributed by atoms with van der Waals surface area (Å²) in [6, 6.07) is 12.7. The molecule has 0 aromatic heterocycles. The molecular weight excluding hydrogens is 381 g/mol. The predicted octanol–water partition coefficient (Wildman–Crippen LogP) is 3.68. The molecule has 0 bridgehead atoms. The fraction of sp³-hybridized carbons (Fsp3) is 0.300. The summed E-state index contributed by atoms with van der Waals surface area (Å²) < 4.78 is 40.1. The standard InChI is InChI=1S/C20H22FN3O3S/c1-3-20(25)24-19(16-7-5-6-8-17(16)21)13-18(22-24)14-9-11-15(12-10-14)23-28(26,27)4-2/h5-12,19,23H,3-4,13H2,1-2H3/t19-/m0/s1. The van der Waals surface area contributed by atoms with Crippen LogP contribution in [0, 0.1) is 5.82 Å². The lowest BCUT2D eigenvalue weighted by Gasteiger charge is -2.21. The van der Waals surface area contributed by atoms with Crippen LogP contribution in [0.2, 0.25) is 0 Å². The van der Waals surface area contributed by atoms with Crippen LogP contribution in [0.1, 0.15) is 43.9 Å². The van der Waals surface area contributed by atoms with Gasteiger partial charge in [-0.3, -0.25) is 9.52 Å². The van der Waals surface area contributed by atoms with Gasteiger partial charge in [-0.05, 0) is 30.7 Å². The van der Waals surface area contributed by atoms with Gasteiger partial charge in [-0.2, -0.15) is 5.10 Å². The van der Waals surface area contributed by atoms with Crippen molar-refractivity contribution in [3.63, 3.8) is 0 Å². The summed E-state index contributed by atoms with van der Waals surface area (Å²) in [5.74, 6) is -0.572. The Balaban J connectivity index is 1.88. The zero-order chi connectivity index (χ0) is 20.3. The highest BCUT2D eigenvalue weighted by molar-refractivity contribution is 7.92. The SMILES string of the molecule is CCC(=O)N1N=C(c2ccc(NS(=O)(=O)CC)cc2)C[C@H]1c1ccccc1F. The van der Waals surface area contributed by atoms with Crippen molar-refractivity contribution in [1.82, 2.24) is 5.01 Å². The number of nitrogens with zero attached hydrogens (tertiary/aromatic N) is 2. The second kappa shape index (κ2) is 8.10. The predicted molar refractivity (Wildman–Crippen MR) is 107 cm³/mol. The molecule has 6 nitrogen and oxygen atoms in total. The molecule has 0 saturated carbocycles. The molecule has 0 spiro atoms. The van der Waals surface area contributed by atoms with Crippen LogP contribution in [0.5, 0.6) is 0 Å². The van der Waals surface area contributed by atoms with Crippen LogP contribution in [-0.4, -0.2) is 30.8 Å². The Kier molecular flexibility index (Phi) is 5.79. The van der Waals surface area contributed by atoms with Gasteiger partial charge in [-0.1, -0.05) is 37.3 Å². The minimum atomic E-state index is -3.35. The average Bonchev–Trinajstić information content (AvgIpc) is 3.13. The topological polar surface area (TPSA) is 78.8 Å². The van der Waals surface area contributed by atoms with E-state index >= 15 is 0 Å².